The van der Waals surface area contributed by atoms with Crippen LogP contribution in [0.4, 0.5) is 0 Å². The Morgan fingerprint density at radius 1 is 1.36 bits per heavy atom. The van der Waals surface area contributed by atoms with Gasteiger partial charge in [-0.05, 0) is 33.4 Å². The molecule has 72 valence electrons. The highest BCUT2D eigenvalue weighted by molar-refractivity contribution is 9.10. The van der Waals surface area contributed by atoms with E-state index in [1.807, 2.05) is 11.4 Å². The quantitative estimate of drug-likeness (QED) is 0.680. The molecule has 6 heteroatoms. The third kappa shape index (κ3) is 1.44. The monoisotopic (exact) mass is 272 g/mol. The second-order valence-corrected chi connectivity index (χ2v) is 4.58. The Morgan fingerprint density at radius 3 is 2.71 bits per heavy atom. The molecule has 0 amide bonds. The maximum absolute atomic E-state index is 9.62. The highest BCUT2D eigenvalue weighted by atomic mass is 79.9. The Bertz CT molecular complexity index is 483. The van der Waals surface area contributed by atoms with E-state index in [-0.39, 0.29) is 11.2 Å². The van der Waals surface area contributed by atoms with Crippen molar-refractivity contribution in [1.29, 1.82) is 0 Å². The molecular weight excluding hydrogens is 267 g/mol. The van der Waals surface area contributed by atoms with Crippen LogP contribution in [-0.2, 0) is 0 Å². The number of benzene rings is 1. The maximum atomic E-state index is 9.62. The zero-order valence-corrected chi connectivity index (χ0v) is 9.34. The van der Waals surface area contributed by atoms with Gasteiger partial charge in [-0.3, -0.25) is 0 Å². The van der Waals surface area contributed by atoms with E-state index in [0.717, 1.165) is 10.1 Å². The number of aromatic hydroxyl groups is 1. The summed E-state index contributed by atoms with van der Waals surface area (Å²) < 4.78 is 1.40. The van der Waals surface area contributed by atoms with Crippen molar-refractivity contribution < 1.29 is 15.2 Å². The molecule has 0 bridgehead atoms. The Hall–Kier alpha value is -0.555. The molecule has 0 saturated heterocycles. The van der Waals surface area contributed by atoms with Crippen molar-refractivity contribution in [2.75, 3.05) is 0 Å². The van der Waals surface area contributed by atoms with Crippen LogP contribution in [0.1, 0.15) is 0 Å². The lowest BCUT2D eigenvalue weighted by molar-refractivity contribution is 0.419. The minimum Gasteiger partial charge on any atom is -0.507 e. The molecule has 0 radical (unpaired) electrons. The molecule has 0 aliphatic heterocycles. The fraction of sp³-hybridized carbons (Fsp3) is 0. The van der Waals surface area contributed by atoms with Crippen LogP contribution in [0.25, 0.3) is 10.1 Å². The van der Waals surface area contributed by atoms with Crippen molar-refractivity contribution in [3.8, 4) is 5.75 Å². The van der Waals surface area contributed by atoms with E-state index in [9.17, 15) is 5.11 Å². The molecule has 1 aromatic heterocycles. The van der Waals surface area contributed by atoms with Crippen molar-refractivity contribution in [2.24, 2.45) is 0 Å². The first-order valence-corrected chi connectivity index (χ1v) is 5.53. The third-order valence-corrected chi connectivity index (χ3v) is 3.64. The lowest BCUT2D eigenvalue weighted by Crippen LogP contribution is -2.30. The van der Waals surface area contributed by atoms with Crippen LogP contribution in [0.5, 0.6) is 5.75 Å². The summed E-state index contributed by atoms with van der Waals surface area (Å²) in [6, 6.07) is 3.43. The number of rotatable bonds is 1. The first-order valence-electron chi connectivity index (χ1n) is 3.86. The standard InChI is InChI=1S/C8H6BBrO3S/c10-7-4-1-2-14-6(4)3-5(8(7)11)9(12)13/h1-3,11-13H. The van der Waals surface area contributed by atoms with E-state index in [0.29, 0.717) is 4.47 Å². The predicted molar refractivity (Wildman–Crippen MR) is 61.0 cm³/mol. The number of halogens is 1. The van der Waals surface area contributed by atoms with Gasteiger partial charge in [0.15, 0.2) is 0 Å². The summed E-state index contributed by atoms with van der Waals surface area (Å²) in [5.41, 5.74) is 0.117. The Morgan fingerprint density at radius 2 is 2.07 bits per heavy atom. The lowest BCUT2D eigenvalue weighted by atomic mass is 9.79. The topological polar surface area (TPSA) is 60.7 Å². The largest absolute Gasteiger partial charge is 0.507 e. The molecule has 2 rings (SSSR count). The normalized spacial score (nSPS) is 10.8. The van der Waals surface area contributed by atoms with Crippen LogP contribution in [0.2, 0.25) is 0 Å². The average molecular weight is 273 g/mol. The fourth-order valence-corrected chi connectivity index (χ4v) is 2.82. The van der Waals surface area contributed by atoms with Crippen molar-refractivity contribution in [2.45, 2.75) is 0 Å². The van der Waals surface area contributed by atoms with E-state index < -0.39 is 7.12 Å². The van der Waals surface area contributed by atoms with Gasteiger partial charge in [-0.1, -0.05) is 0 Å². The second-order valence-electron chi connectivity index (χ2n) is 2.83. The zero-order valence-electron chi connectivity index (χ0n) is 6.94. The van der Waals surface area contributed by atoms with Crippen molar-refractivity contribution in [1.82, 2.24) is 0 Å². The number of phenols is 1. The number of fused-ring (bicyclic) bond motifs is 1. The van der Waals surface area contributed by atoms with Gasteiger partial charge >= 0.3 is 7.12 Å². The molecule has 0 aliphatic carbocycles. The molecule has 0 fully saturated rings. The van der Waals surface area contributed by atoms with Gasteiger partial charge in [0.1, 0.15) is 5.75 Å². The molecular formula is C8H6BBrO3S. The van der Waals surface area contributed by atoms with Gasteiger partial charge in [-0.15, -0.1) is 11.3 Å². The Kier molecular flexibility index (Phi) is 2.53. The summed E-state index contributed by atoms with van der Waals surface area (Å²) in [4.78, 5) is 0. The number of thiophene rings is 1. The lowest BCUT2D eigenvalue weighted by Gasteiger charge is -2.06. The number of hydrogen-bond acceptors (Lipinski definition) is 4. The smallest absolute Gasteiger partial charge is 0.492 e. The Labute approximate surface area is 92.9 Å². The van der Waals surface area contributed by atoms with E-state index in [4.69, 9.17) is 10.0 Å². The summed E-state index contributed by atoms with van der Waals surface area (Å²) in [6.45, 7) is 0. The Balaban J connectivity index is 2.80. The minimum absolute atomic E-state index is 0.117. The van der Waals surface area contributed by atoms with Gasteiger partial charge < -0.3 is 15.2 Å². The van der Waals surface area contributed by atoms with E-state index in [1.165, 1.54) is 11.3 Å². The maximum Gasteiger partial charge on any atom is 0.492 e. The average Bonchev–Trinajstić information content (AvgIpc) is 2.58. The molecule has 2 aromatic rings. The molecule has 1 heterocycles. The van der Waals surface area contributed by atoms with Crippen molar-refractivity contribution in [3.63, 3.8) is 0 Å². The first-order chi connectivity index (χ1) is 6.61. The first kappa shape index (κ1) is 9.98. The molecule has 3 N–H and O–H groups in total. The second kappa shape index (κ2) is 3.54. The van der Waals surface area contributed by atoms with Crippen LogP contribution in [0, 0.1) is 0 Å². The SMILES string of the molecule is OB(O)c1cc2sccc2c(Br)c1O. The van der Waals surface area contributed by atoms with Gasteiger partial charge in [-0.2, -0.15) is 0 Å². The fourth-order valence-electron chi connectivity index (χ4n) is 1.27. The molecule has 1 aromatic carbocycles. The molecule has 0 aliphatic rings. The van der Waals surface area contributed by atoms with E-state index >= 15 is 0 Å². The van der Waals surface area contributed by atoms with Crippen LogP contribution in [0.3, 0.4) is 0 Å². The summed E-state index contributed by atoms with van der Waals surface area (Å²) in [5, 5.41) is 30.4. The van der Waals surface area contributed by atoms with Crippen molar-refractivity contribution >= 4 is 49.9 Å². The molecule has 0 saturated carbocycles. The predicted octanol–water partition coefficient (Wildman–Crippen LogP) is 1.05. The molecule has 3 nitrogen and oxygen atoms in total. The third-order valence-electron chi connectivity index (χ3n) is 1.98. The van der Waals surface area contributed by atoms with Gasteiger partial charge in [0.2, 0.25) is 0 Å². The summed E-state index contributed by atoms with van der Waals surface area (Å²) in [6.07, 6.45) is 0. The van der Waals surface area contributed by atoms with Gasteiger partial charge in [0.25, 0.3) is 0 Å². The highest BCUT2D eigenvalue weighted by Gasteiger charge is 2.20. The summed E-state index contributed by atoms with van der Waals surface area (Å²) in [7, 11) is -1.65. The zero-order chi connectivity index (χ0) is 10.3. The van der Waals surface area contributed by atoms with Crippen LogP contribution in [-0.4, -0.2) is 22.3 Å². The highest BCUT2D eigenvalue weighted by Crippen LogP contribution is 2.33. The molecule has 14 heavy (non-hydrogen) atoms. The number of phenolic OH excluding ortho intramolecular Hbond substituents is 1. The van der Waals surface area contributed by atoms with Crippen LogP contribution < -0.4 is 5.46 Å². The summed E-state index contributed by atoms with van der Waals surface area (Å²) >= 11 is 4.69. The van der Waals surface area contributed by atoms with Gasteiger partial charge in [0.05, 0.1) is 4.47 Å². The number of hydrogen-bond donors (Lipinski definition) is 3. The minimum atomic E-state index is -1.65. The van der Waals surface area contributed by atoms with Gasteiger partial charge in [-0.25, -0.2) is 0 Å². The molecule has 0 spiro atoms. The van der Waals surface area contributed by atoms with E-state index in [1.54, 1.807) is 6.07 Å². The van der Waals surface area contributed by atoms with Crippen LogP contribution in [0.15, 0.2) is 22.0 Å². The van der Waals surface area contributed by atoms with Crippen LogP contribution >= 0.6 is 27.3 Å². The summed E-state index contributed by atoms with van der Waals surface area (Å²) in [5.74, 6) is -0.120. The van der Waals surface area contributed by atoms with Gasteiger partial charge in [0, 0.05) is 15.5 Å². The van der Waals surface area contributed by atoms with Crippen molar-refractivity contribution in [3.05, 3.63) is 22.0 Å². The molecule has 0 atom stereocenters. The van der Waals surface area contributed by atoms with E-state index in [2.05, 4.69) is 15.9 Å². The molecule has 0 unspecified atom stereocenters.